The average Bonchev–Trinajstić information content (AvgIpc) is 2.32. The van der Waals surface area contributed by atoms with Crippen LogP contribution in [0.2, 0.25) is 25.7 Å². The highest BCUT2D eigenvalue weighted by Gasteiger charge is 2.27. The van der Waals surface area contributed by atoms with Crippen molar-refractivity contribution in [2.75, 3.05) is 0 Å². The lowest BCUT2D eigenvalue weighted by atomic mass is 10.0. The van der Waals surface area contributed by atoms with Crippen LogP contribution in [0.25, 0.3) is 0 Å². The Labute approximate surface area is 94.8 Å². The number of rotatable bonds is 2. The molecule has 1 fully saturated rings. The van der Waals surface area contributed by atoms with Gasteiger partial charge in [-0.15, -0.1) is 0 Å². The molecule has 0 heterocycles. The van der Waals surface area contributed by atoms with Gasteiger partial charge in [-0.3, -0.25) is 0 Å². The summed E-state index contributed by atoms with van der Waals surface area (Å²) in [6.45, 7) is 7.35. The summed E-state index contributed by atoms with van der Waals surface area (Å²) in [5.74, 6) is 1.57. The maximum absolute atomic E-state index is 2.56. The molecule has 2 unspecified atom stereocenters. The van der Waals surface area contributed by atoms with Crippen molar-refractivity contribution >= 4 is 8.07 Å². The van der Waals surface area contributed by atoms with Crippen molar-refractivity contribution in [3.8, 4) is 0 Å². The lowest BCUT2D eigenvalue weighted by molar-refractivity contribution is 0.651. The van der Waals surface area contributed by atoms with Crippen LogP contribution in [-0.4, -0.2) is 8.07 Å². The molecule has 1 heteroatoms. The molecular weight excluding hydrogens is 196 g/mol. The van der Waals surface area contributed by atoms with E-state index in [1.807, 2.05) is 0 Å². The first-order chi connectivity index (χ1) is 7.04. The summed E-state index contributed by atoms with van der Waals surface area (Å²) in [6.07, 6.45) is 14.4. The van der Waals surface area contributed by atoms with Crippen molar-refractivity contribution in [3.05, 3.63) is 36.0 Å². The van der Waals surface area contributed by atoms with Gasteiger partial charge < -0.3 is 0 Å². The van der Waals surface area contributed by atoms with Gasteiger partial charge in [0.2, 0.25) is 0 Å². The lowest BCUT2D eigenvalue weighted by Crippen LogP contribution is -2.17. The Morgan fingerprint density at radius 2 is 2.00 bits per heavy atom. The molecule has 2 aliphatic rings. The van der Waals surface area contributed by atoms with Crippen molar-refractivity contribution in [3.63, 3.8) is 0 Å². The molecule has 0 saturated heterocycles. The summed E-state index contributed by atoms with van der Waals surface area (Å²) in [5.41, 5.74) is 1.71. The fourth-order valence-electron chi connectivity index (χ4n) is 2.46. The van der Waals surface area contributed by atoms with Crippen LogP contribution in [-0.2, 0) is 0 Å². The predicted molar refractivity (Wildman–Crippen MR) is 70.7 cm³/mol. The van der Waals surface area contributed by atoms with Crippen LogP contribution in [0.4, 0.5) is 0 Å². The van der Waals surface area contributed by atoms with Gasteiger partial charge in [-0.25, -0.2) is 0 Å². The van der Waals surface area contributed by atoms with Gasteiger partial charge in [0.15, 0.2) is 0 Å². The largest absolute Gasteiger partial charge is 0.0874 e. The zero-order valence-corrected chi connectivity index (χ0v) is 11.2. The van der Waals surface area contributed by atoms with E-state index in [1.165, 1.54) is 18.9 Å². The second kappa shape index (κ2) is 4.13. The van der Waals surface area contributed by atoms with E-state index in [4.69, 9.17) is 0 Å². The van der Waals surface area contributed by atoms with Crippen LogP contribution in [0.15, 0.2) is 36.0 Å². The van der Waals surface area contributed by atoms with E-state index in [9.17, 15) is 0 Å². The Kier molecular flexibility index (Phi) is 3.01. The molecule has 15 heavy (non-hydrogen) atoms. The third kappa shape index (κ3) is 2.94. The van der Waals surface area contributed by atoms with Gasteiger partial charge in [-0.05, 0) is 30.7 Å². The zero-order valence-electron chi connectivity index (χ0n) is 10.2. The molecule has 0 aliphatic heterocycles. The maximum Gasteiger partial charge on any atom is 0.0480 e. The summed E-state index contributed by atoms with van der Waals surface area (Å²) < 4.78 is 0. The number of hydrogen-bond donors (Lipinski definition) is 0. The lowest BCUT2D eigenvalue weighted by Gasteiger charge is -2.14. The molecule has 0 amide bonds. The van der Waals surface area contributed by atoms with E-state index in [-0.39, 0.29) is 0 Å². The monoisotopic (exact) mass is 218 g/mol. The molecule has 2 aliphatic carbocycles. The minimum atomic E-state index is -0.900. The van der Waals surface area contributed by atoms with Gasteiger partial charge in [-0.2, -0.15) is 0 Å². The standard InChI is InChI=1S/C14H22Si/c1-15(2,3)9-8-14-11-12-6-4-5-7-13(14)10-12/h4-8,12-13H,9-11H2,1-3H3/b14-8-. The van der Waals surface area contributed by atoms with Gasteiger partial charge in [-0.1, -0.05) is 55.6 Å². The Morgan fingerprint density at radius 1 is 1.27 bits per heavy atom. The van der Waals surface area contributed by atoms with Gasteiger partial charge in [0.1, 0.15) is 0 Å². The summed E-state index contributed by atoms with van der Waals surface area (Å²) >= 11 is 0. The minimum absolute atomic E-state index is 0.751. The maximum atomic E-state index is 2.56. The summed E-state index contributed by atoms with van der Waals surface area (Å²) in [4.78, 5) is 0. The van der Waals surface area contributed by atoms with E-state index in [1.54, 1.807) is 5.57 Å². The first-order valence-electron chi connectivity index (χ1n) is 6.08. The normalized spacial score (nSPS) is 32.3. The molecular formula is C14H22Si. The van der Waals surface area contributed by atoms with Crippen molar-refractivity contribution in [1.82, 2.24) is 0 Å². The number of hydrogen-bond acceptors (Lipinski definition) is 0. The molecule has 0 aromatic carbocycles. The summed E-state index contributed by atoms with van der Waals surface area (Å²) in [7, 11) is -0.900. The molecule has 0 aromatic rings. The second-order valence-electron chi connectivity index (χ2n) is 6.12. The van der Waals surface area contributed by atoms with Gasteiger partial charge in [0, 0.05) is 8.07 Å². The Hall–Kier alpha value is -0.563. The van der Waals surface area contributed by atoms with Crippen LogP contribution < -0.4 is 0 Å². The number of allylic oxidation sites excluding steroid dienone is 6. The summed E-state index contributed by atoms with van der Waals surface area (Å²) in [6, 6.07) is 1.35. The Balaban J connectivity index is 2.06. The average molecular weight is 218 g/mol. The Morgan fingerprint density at radius 3 is 2.73 bits per heavy atom. The first kappa shape index (κ1) is 10.9. The van der Waals surface area contributed by atoms with E-state index in [2.05, 4.69) is 50.0 Å². The third-order valence-corrected chi connectivity index (χ3v) is 4.77. The van der Waals surface area contributed by atoms with Crippen LogP contribution in [0, 0.1) is 11.8 Å². The molecule has 0 nitrogen and oxygen atoms in total. The SMILES string of the molecule is C[Si](C)(C)C/C=C1/CC2C=CC=CC1C2. The van der Waals surface area contributed by atoms with E-state index < -0.39 is 8.07 Å². The van der Waals surface area contributed by atoms with Crippen LogP contribution >= 0.6 is 0 Å². The fourth-order valence-corrected chi connectivity index (χ4v) is 3.33. The molecule has 82 valence electrons. The molecule has 0 aromatic heterocycles. The molecule has 2 bridgehead atoms. The van der Waals surface area contributed by atoms with Gasteiger partial charge in [0.05, 0.1) is 0 Å². The fraction of sp³-hybridized carbons (Fsp3) is 0.571. The molecule has 0 spiro atoms. The quantitative estimate of drug-likeness (QED) is 0.476. The highest BCUT2D eigenvalue weighted by Crippen LogP contribution is 2.39. The summed E-state index contributed by atoms with van der Waals surface area (Å²) in [5, 5.41) is 0. The molecule has 2 atom stereocenters. The molecule has 0 N–H and O–H groups in total. The van der Waals surface area contributed by atoms with Crippen molar-refractivity contribution in [2.24, 2.45) is 11.8 Å². The van der Waals surface area contributed by atoms with Crippen molar-refractivity contribution in [2.45, 2.75) is 38.5 Å². The second-order valence-corrected chi connectivity index (χ2v) is 11.6. The van der Waals surface area contributed by atoms with Crippen LogP contribution in [0.1, 0.15) is 12.8 Å². The van der Waals surface area contributed by atoms with Crippen LogP contribution in [0.3, 0.4) is 0 Å². The third-order valence-electron chi connectivity index (χ3n) is 3.35. The molecule has 1 saturated carbocycles. The molecule has 0 radical (unpaired) electrons. The highest BCUT2D eigenvalue weighted by molar-refractivity contribution is 6.76. The first-order valence-corrected chi connectivity index (χ1v) is 9.79. The minimum Gasteiger partial charge on any atom is -0.0874 e. The van der Waals surface area contributed by atoms with Gasteiger partial charge >= 0.3 is 0 Å². The highest BCUT2D eigenvalue weighted by atomic mass is 28.3. The topological polar surface area (TPSA) is 0 Å². The zero-order chi connectivity index (χ0) is 10.9. The predicted octanol–water partition coefficient (Wildman–Crippen LogP) is 4.40. The Bertz CT molecular complexity index is 315. The smallest absolute Gasteiger partial charge is 0.0480 e. The van der Waals surface area contributed by atoms with E-state index >= 15 is 0 Å². The van der Waals surface area contributed by atoms with Crippen molar-refractivity contribution in [1.29, 1.82) is 0 Å². The van der Waals surface area contributed by atoms with E-state index in [0.717, 1.165) is 11.8 Å². The van der Waals surface area contributed by atoms with Crippen LogP contribution in [0.5, 0.6) is 0 Å². The van der Waals surface area contributed by atoms with Gasteiger partial charge in [0.25, 0.3) is 0 Å². The molecule has 2 rings (SSSR count). The van der Waals surface area contributed by atoms with Crippen molar-refractivity contribution < 1.29 is 0 Å². The number of fused-ring (bicyclic) bond motifs is 2. The van der Waals surface area contributed by atoms with E-state index in [0.29, 0.717) is 0 Å².